The van der Waals surface area contributed by atoms with Gasteiger partial charge in [0.1, 0.15) is 0 Å². The lowest BCUT2D eigenvalue weighted by Gasteiger charge is -2.25. The summed E-state index contributed by atoms with van der Waals surface area (Å²) in [5.41, 5.74) is 1.45. The lowest BCUT2D eigenvalue weighted by atomic mass is 10.0. The van der Waals surface area contributed by atoms with Gasteiger partial charge in [-0.15, -0.1) is 0 Å². The van der Waals surface area contributed by atoms with Gasteiger partial charge in [-0.05, 0) is 30.5 Å². The molecule has 1 saturated heterocycles. The Balaban J connectivity index is 1.68. The first-order chi connectivity index (χ1) is 14.1. The van der Waals surface area contributed by atoms with Crippen LogP contribution >= 0.6 is 0 Å². The molecule has 0 spiro atoms. The molecule has 2 aromatic carbocycles. The van der Waals surface area contributed by atoms with Crippen LogP contribution in [0.2, 0.25) is 0 Å². The van der Waals surface area contributed by atoms with Gasteiger partial charge in [0.25, 0.3) is 5.91 Å². The number of hydrogen-bond acceptors (Lipinski definition) is 5. The van der Waals surface area contributed by atoms with Crippen molar-refractivity contribution in [3.8, 4) is 17.2 Å². The highest BCUT2D eigenvalue weighted by atomic mass is 16.5. The van der Waals surface area contributed by atoms with E-state index in [1.165, 1.54) is 21.3 Å². The van der Waals surface area contributed by atoms with Gasteiger partial charge in [-0.3, -0.25) is 9.59 Å². The summed E-state index contributed by atoms with van der Waals surface area (Å²) >= 11 is 0. The van der Waals surface area contributed by atoms with Gasteiger partial charge in [0.2, 0.25) is 11.7 Å². The number of amides is 2. The second-order valence-corrected chi connectivity index (χ2v) is 6.75. The van der Waals surface area contributed by atoms with Crippen molar-refractivity contribution in [3.05, 3.63) is 53.6 Å². The van der Waals surface area contributed by atoms with Crippen LogP contribution in [0.15, 0.2) is 42.5 Å². The molecular formula is C22H26N2O5. The third-order valence-corrected chi connectivity index (χ3v) is 5.08. The van der Waals surface area contributed by atoms with Crippen LogP contribution in [0.25, 0.3) is 0 Å². The number of benzene rings is 2. The zero-order valence-corrected chi connectivity index (χ0v) is 16.9. The molecule has 0 saturated carbocycles. The average Bonchev–Trinajstić information content (AvgIpc) is 3.26. The lowest BCUT2D eigenvalue weighted by molar-refractivity contribution is -0.131. The van der Waals surface area contributed by atoms with Crippen molar-refractivity contribution in [2.45, 2.75) is 18.9 Å². The normalized spacial score (nSPS) is 15.7. The molecule has 0 bridgehead atoms. The Labute approximate surface area is 170 Å². The van der Waals surface area contributed by atoms with Gasteiger partial charge in [-0.2, -0.15) is 0 Å². The molecule has 7 heteroatoms. The molecule has 1 atom stereocenters. The standard InChI is InChI=1S/C22H26N2O5/c1-27-18-12-16(13-19(28-2)21(18)29-3)22(26)23-14-20(25)24-11-7-10-17(24)15-8-5-4-6-9-15/h4-6,8-9,12-13,17H,7,10-11,14H2,1-3H3,(H,23,26)/t17-/m0/s1. The van der Waals surface area contributed by atoms with Crippen molar-refractivity contribution >= 4 is 11.8 Å². The maximum atomic E-state index is 12.8. The van der Waals surface area contributed by atoms with Crippen molar-refractivity contribution in [1.82, 2.24) is 10.2 Å². The van der Waals surface area contributed by atoms with Crippen molar-refractivity contribution in [2.75, 3.05) is 34.4 Å². The molecule has 154 valence electrons. The Hall–Kier alpha value is -3.22. The minimum Gasteiger partial charge on any atom is -0.493 e. The molecule has 7 nitrogen and oxygen atoms in total. The lowest BCUT2D eigenvalue weighted by Crippen LogP contribution is -2.39. The summed E-state index contributed by atoms with van der Waals surface area (Å²) in [4.78, 5) is 27.2. The van der Waals surface area contributed by atoms with Gasteiger partial charge in [0, 0.05) is 12.1 Å². The number of methoxy groups -OCH3 is 3. The molecule has 2 aromatic rings. The third-order valence-electron chi connectivity index (χ3n) is 5.08. The van der Waals surface area contributed by atoms with Crippen molar-refractivity contribution < 1.29 is 23.8 Å². The SMILES string of the molecule is COc1cc(C(=O)NCC(=O)N2CCC[C@H]2c2ccccc2)cc(OC)c1OC. The Morgan fingerprint density at radius 3 is 2.28 bits per heavy atom. The summed E-state index contributed by atoms with van der Waals surface area (Å²) in [6.07, 6.45) is 1.88. The highest BCUT2D eigenvalue weighted by molar-refractivity contribution is 5.97. The molecule has 29 heavy (non-hydrogen) atoms. The second kappa shape index (κ2) is 9.32. The first-order valence-electron chi connectivity index (χ1n) is 9.51. The molecule has 0 unspecified atom stereocenters. The Morgan fingerprint density at radius 1 is 1.03 bits per heavy atom. The van der Waals surface area contributed by atoms with E-state index in [2.05, 4.69) is 5.32 Å². The summed E-state index contributed by atoms with van der Waals surface area (Å²) in [6, 6.07) is 13.2. The molecule has 2 amide bonds. The first-order valence-corrected chi connectivity index (χ1v) is 9.51. The minimum absolute atomic E-state index is 0.0572. The zero-order valence-electron chi connectivity index (χ0n) is 16.9. The highest BCUT2D eigenvalue weighted by Gasteiger charge is 2.29. The Morgan fingerprint density at radius 2 is 1.69 bits per heavy atom. The van der Waals surface area contributed by atoms with Gasteiger partial charge in [0.05, 0.1) is 33.9 Å². The minimum atomic E-state index is -0.381. The van der Waals surface area contributed by atoms with Gasteiger partial charge in [-0.25, -0.2) is 0 Å². The van der Waals surface area contributed by atoms with Crippen molar-refractivity contribution in [1.29, 1.82) is 0 Å². The molecule has 1 fully saturated rings. The Kier molecular flexibility index (Phi) is 6.59. The number of rotatable bonds is 7. The van der Waals surface area contributed by atoms with E-state index in [9.17, 15) is 9.59 Å². The van der Waals surface area contributed by atoms with Crippen molar-refractivity contribution in [3.63, 3.8) is 0 Å². The molecule has 0 radical (unpaired) electrons. The molecule has 1 heterocycles. The molecule has 3 rings (SSSR count). The van der Waals surface area contributed by atoms with Crippen LogP contribution in [0.4, 0.5) is 0 Å². The summed E-state index contributed by atoms with van der Waals surface area (Å²) in [6.45, 7) is 0.622. The van der Waals surface area contributed by atoms with E-state index in [1.807, 2.05) is 35.2 Å². The number of carbonyl (C=O) groups excluding carboxylic acids is 2. The van der Waals surface area contributed by atoms with E-state index in [-0.39, 0.29) is 24.4 Å². The van der Waals surface area contributed by atoms with E-state index in [0.717, 1.165) is 18.4 Å². The van der Waals surface area contributed by atoms with Gasteiger partial charge in [0.15, 0.2) is 11.5 Å². The molecule has 1 aliphatic heterocycles. The molecule has 1 aliphatic rings. The van der Waals surface area contributed by atoms with Crippen LogP contribution in [0, 0.1) is 0 Å². The van der Waals surface area contributed by atoms with Crippen molar-refractivity contribution in [2.24, 2.45) is 0 Å². The van der Waals surface area contributed by atoms with Crippen LogP contribution in [0.5, 0.6) is 17.2 Å². The molecule has 0 aromatic heterocycles. The third kappa shape index (κ3) is 4.45. The van der Waals surface area contributed by atoms with E-state index in [1.54, 1.807) is 12.1 Å². The highest BCUT2D eigenvalue weighted by Crippen LogP contribution is 2.38. The van der Waals surface area contributed by atoms with Gasteiger partial charge in [-0.1, -0.05) is 30.3 Å². The molecule has 1 N–H and O–H groups in total. The van der Waals surface area contributed by atoms with Gasteiger partial charge >= 0.3 is 0 Å². The maximum absolute atomic E-state index is 12.8. The maximum Gasteiger partial charge on any atom is 0.251 e. The van der Waals surface area contributed by atoms with Crippen LogP contribution in [0.1, 0.15) is 34.8 Å². The number of nitrogens with one attached hydrogen (secondary N) is 1. The van der Waals surface area contributed by atoms with E-state index >= 15 is 0 Å². The fourth-order valence-corrected chi connectivity index (χ4v) is 3.66. The second-order valence-electron chi connectivity index (χ2n) is 6.75. The smallest absolute Gasteiger partial charge is 0.251 e. The fraction of sp³-hybridized carbons (Fsp3) is 0.364. The number of likely N-dealkylation sites (tertiary alicyclic amines) is 1. The van der Waals surface area contributed by atoms with Crippen LogP contribution in [0.3, 0.4) is 0 Å². The quantitative estimate of drug-likeness (QED) is 0.776. The largest absolute Gasteiger partial charge is 0.493 e. The van der Waals surface area contributed by atoms with Crippen LogP contribution < -0.4 is 19.5 Å². The predicted molar refractivity (Wildman–Crippen MR) is 109 cm³/mol. The zero-order chi connectivity index (χ0) is 20.8. The Bertz CT molecular complexity index is 844. The average molecular weight is 398 g/mol. The number of hydrogen-bond donors (Lipinski definition) is 1. The fourth-order valence-electron chi connectivity index (χ4n) is 3.66. The number of ether oxygens (including phenoxy) is 3. The van der Waals surface area contributed by atoms with E-state index < -0.39 is 0 Å². The van der Waals surface area contributed by atoms with Gasteiger partial charge < -0.3 is 24.4 Å². The van der Waals surface area contributed by atoms with E-state index in [0.29, 0.717) is 29.4 Å². The first kappa shape index (κ1) is 20.5. The summed E-state index contributed by atoms with van der Waals surface area (Å²) in [5, 5.41) is 2.71. The monoisotopic (exact) mass is 398 g/mol. The molecule has 0 aliphatic carbocycles. The van der Waals surface area contributed by atoms with Crippen LogP contribution in [-0.4, -0.2) is 51.1 Å². The summed E-state index contributed by atoms with van der Waals surface area (Å²) in [5.74, 6) is 0.689. The molecular weight excluding hydrogens is 372 g/mol. The summed E-state index contributed by atoms with van der Waals surface area (Å²) < 4.78 is 15.8. The summed E-state index contributed by atoms with van der Waals surface area (Å²) in [7, 11) is 4.47. The van der Waals surface area contributed by atoms with Crippen LogP contribution in [-0.2, 0) is 4.79 Å². The predicted octanol–water partition coefficient (Wildman–Crippen LogP) is 2.81. The number of nitrogens with zero attached hydrogens (tertiary/aromatic N) is 1. The van der Waals surface area contributed by atoms with E-state index in [4.69, 9.17) is 14.2 Å². The number of carbonyl (C=O) groups is 2. The topological polar surface area (TPSA) is 77.1 Å².